The van der Waals surface area contributed by atoms with E-state index in [4.69, 9.17) is 0 Å². The van der Waals surface area contributed by atoms with Gasteiger partial charge in [-0.25, -0.2) is 4.39 Å². The number of hydrogen-bond acceptors (Lipinski definition) is 2. The van der Waals surface area contributed by atoms with Crippen molar-refractivity contribution in [1.29, 1.82) is 0 Å². The molecule has 0 radical (unpaired) electrons. The summed E-state index contributed by atoms with van der Waals surface area (Å²) in [6, 6.07) is 4.86. The molecule has 2 unspecified atom stereocenters. The van der Waals surface area contributed by atoms with Crippen molar-refractivity contribution in [1.82, 2.24) is 0 Å². The minimum absolute atomic E-state index is 0.110. The lowest BCUT2D eigenvalue weighted by Crippen LogP contribution is -2.40. The maximum absolute atomic E-state index is 13.3. The lowest BCUT2D eigenvalue weighted by atomic mass is 9.86. The van der Waals surface area contributed by atoms with Crippen LogP contribution in [0.4, 0.5) is 10.1 Å². The Hall–Kier alpha value is -1.09. The van der Waals surface area contributed by atoms with E-state index in [0.717, 1.165) is 5.69 Å². The van der Waals surface area contributed by atoms with Crippen molar-refractivity contribution in [3.8, 4) is 0 Å². The quantitative estimate of drug-likeness (QED) is 0.886. The van der Waals surface area contributed by atoms with E-state index in [9.17, 15) is 9.50 Å². The first kappa shape index (κ1) is 15.0. The zero-order valence-electron chi connectivity index (χ0n) is 12.2. The molecule has 0 aromatic heterocycles. The number of aliphatic hydroxyl groups is 1. The number of aliphatic hydroxyl groups excluding tert-OH is 1. The Morgan fingerprint density at radius 1 is 1.22 bits per heavy atom. The van der Waals surface area contributed by atoms with Crippen LogP contribution in [0.1, 0.15) is 46.3 Å². The van der Waals surface area contributed by atoms with Gasteiger partial charge in [0.25, 0.3) is 0 Å². The van der Waals surface area contributed by atoms with Gasteiger partial charge in [0, 0.05) is 24.3 Å². The van der Waals surface area contributed by atoms with Gasteiger partial charge in [0.05, 0.1) is 6.10 Å². The number of halogens is 1. The van der Waals surface area contributed by atoms with E-state index in [1.54, 1.807) is 13.0 Å². The average molecular weight is 253 g/mol. The first-order valence-electron chi connectivity index (χ1n) is 6.35. The number of hydrogen-bond donors (Lipinski definition) is 1. The van der Waals surface area contributed by atoms with Crippen molar-refractivity contribution < 1.29 is 9.50 Å². The fourth-order valence-electron chi connectivity index (χ4n) is 1.97. The molecule has 1 N–H and O–H groups in total. The summed E-state index contributed by atoms with van der Waals surface area (Å²) in [4.78, 5) is 2.10. The minimum atomic E-state index is -0.676. The topological polar surface area (TPSA) is 23.5 Å². The minimum Gasteiger partial charge on any atom is -0.389 e. The van der Waals surface area contributed by atoms with Crippen LogP contribution in [0.15, 0.2) is 18.2 Å². The van der Waals surface area contributed by atoms with E-state index in [2.05, 4.69) is 32.6 Å². The molecule has 1 aromatic carbocycles. The molecule has 0 saturated heterocycles. The van der Waals surface area contributed by atoms with Crippen molar-refractivity contribution in [3.63, 3.8) is 0 Å². The summed E-state index contributed by atoms with van der Waals surface area (Å²) in [7, 11) is 1.98. The Morgan fingerprint density at radius 2 is 1.78 bits per heavy atom. The van der Waals surface area contributed by atoms with E-state index in [-0.39, 0.29) is 17.3 Å². The van der Waals surface area contributed by atoms with Crippen LogP contribution in [0.2, 0.25) is 0 Å². The van der Waals surface area contributed by atoms with Crippen LogP contribution in [0, 0.1) is 11.2 Å². The molecule has 0 heterocycles. The molecule has 2 nitrogen and oxygen atoms in total. The van der Waals surface area contributed by atoms with Crippen LogP contribution in [0.5, 0.6) is 0 Å². The molecule has 0 spiro atoms. The molecule has 3 heteroatoms. The highest BCUT2D eigenvalue weighted by atomic mass is 19.1. The zero-order chi connectivity index (χ0) is 14.1. The van der Waals surface area contributed by atoms with Gasteiger partial charge in [0.1, 0.15) is 5.82 Å². The van der Waals surface area contributed by atoms with Gasteiger partial charge in [0.15, 0.2) is 0 Å². The third-order valence-electron chi connectivity index (χ3n) is 3.65. The highest BCUT2D eigenvalue weighted by Crippen LogP contribution is 2.32. The van der Waals surface area contributed by atoms with Crippen LogP contribution in [0.25, 0.3) is 0 Å². The molecule has 102 valence electrons. The average Bonchev–Trinajstić information content (AvgIpc) is 2.25. The summed E-state index contributed by atoms with van der Waals surface area (Å²) >= 11 is 0. The second kappa shape index (κ2) is 5.27. The van der Waals surface area contributed by atoms with Crippen LogP contribution in [0.3, 0.4) is 0 Å². The number of nitrogens with zero attached hydrogens (tertiary/aromatic N) is 1. The highest BCUT2D eigenvalue weighted by molar-refractivity contribution is 5.55. The van der Waals surface area contributed by atoms with Gasteiger partial charge in [-0.15, -0.1) is 0 Å². The number of anilines is 1. The third kappa shape index (κ3) is 3.22. The second-order valence-corrected chi connectivity index (χ2v) is 6.03. The number of rotatable bonds is 3. The molecule has 1 aromatic rings. The molecule has 1 rings (SSSR count). The van der Waals surface area contributed by atoms with Crippen molar-refractivity contribution in [2.75, 3.05) is 11.9 Å². The van der Waals surface area contributed by atoms with E-state index in [0.29, 0.717) is 5.56 Å². The fraction of sp³-hybridized carbons (Fsp3) is 0.600. The molecule has 0 aliphatic rings. The molecule has 2 atom stereocenters. The van der Waals surface area contributed by atoms with Gasteiger partial charge in [-0.05, 0) is 37.5 Å². The van der Waals surface area contributed by atoms with Gasteiger partial charge in [-0.1, -0.05) is 20.8 Å². The summed E-state index contributed by atoms with van der Waals surface area (Å²) < 4.78 is 13.3. The van der Waals surface area contributed by atoms with Crippen molar-refractivity contribution in [2.45, 2.75) is 46.8 Å². The molecular formula is C15H24FNO. The molecular weight excluding hydrogens is 229 g/mol. The number of benzene rings is 1. The van der Waals surface area contributed by atoms with Gasteiger partial charge in [-0.3, -0.25) is 0 Å². The van der Waals surface area contributed by atoms with Gasteiger partial charge in [-0.2, -0.15) is 0 Å². The van der Waals surface area contributed by atoms with Gasteiger partial charge in [0.2, 0.25) is 0 Å². The summed E-state index contributed by atoms with van der Waals surface area (Å²) in [5.41, 5.74) is 1.63. The van der Waals surface area contributed by atoms with Crippen LogP contribution in [-0.2, 0) is 0 Å². The predicted octanol–water partition coefficient (Wildman–Crippen LogP) is 3.75. The Kier molecular flexibility index (Phi) is 4.38. The van der Waals surface area contributed by atoms with Gasteiger partial charge < -0.3 is 10.0 Å². The van der Waals surface area contributed by atoms with E-state index in [1.165, 1.54) is 12.1 Å². The predicted molar refractivity (Wildman–Crippen MR) is 74.4 cm³/mol. The van der Waals surface area contributed by atoms with Crippen LogP contribution >= 0.6 is 0 Å². The van der Waals surface area contributed by atoms with E-state index >= 15 is 0 Å². The molecule has 0 bridgehead atoms. The molecule has 18 heavy (non-hydrogen) atoms. The first-order chi connectivity index (χ1) is 8.14. The second-order valence-electron chi connectivity index (χ2n) is 6.03. The summed E-state index contributed by atoms with van der Waals surface area (Å²) in [6.07, 6.45) is -0.676. The van der Waals surface area contributed by atoms with E-state index in [1.807, 2.05) is 7.05 Å². The molecule has 0 aliphatic carbocycles. The lowest BCUT2D eigenvalue weighted by molar-refractivity contribution is 0.198. The van der Waals surface area contributed by atoms with E-state index < -0.39 is 6.10 Å². The van der Waals surface area contributed by atoms with Crippen LogP contribution < -0.4 is 4.90 Å². The smallest absolute Gasteiger partial charge is 0.123 e. The molecule has 0 saturated carbocycles. The normalized spacial score (nSPS) is 15.3. The monoisotopic (exact) mass is 253 g/mol. The zero-order valence-corrected chi connectivity index (χ0v) is 12.2. The van der Waals surface area contributed by atoms with Crippen molar-refractivity contribution in [3.05, 3.63) is 29.6 Å². The van der Waals surface area contributed by atoms with Gasteiger partial charge >= 0.3 is 0 Å². The summed E-state index contributed by atoms with van der Waals surface area (Å²) in [5, 5.41) is 9.77. The molecule has 0 amide bonds. The SMILES string of the molecule is CC(O)c1cc(F)ccc1N(C)C(C)C(C)(C)C. The standard InChI is InChI=1S/C15H24FNO/c1-10(18)13-9-12(16)7-8-14(13)17(6)11(2)15(3,4)5/h7-11,18H,1-6H3. The maximum Gasteiger partial charge on any atom is 0.123 e. The Bertz CT molecular complexity index is 409. The lowest BCUT2D eigenvalue weighted by Gasteiger charge is -2.38. The van der Waals surface area contributed by atoms with Crippen molar-refractivity contribution >= 4 is 5.69 Å². The fourth-order valence-corrected chi connectivity index (χ4v) is 1.97. The molecule has 0 aliphatic heterocycles. The Labute approximate surface area is 109 Å². The highest BCUT2D eigenvalue weighted by Gasteiger charge is 2.26. The summed E-state index contributed by atoms with van der Waals surface area (Å²) in [6.45, 7) is 10.3. The summed E-state index contributed by atoms with van der Waals surface area (Å²) in [5.74, 6) is -0.313. The Morgan fingerprint density at radius 3 is 2.22 bits per heavy atom. The first-order valence-corrected chi connectivity index (χ1v) is 6.35. The third-order valence-corrected chi connectivity index (χ3v) is 3.65. The van der Waals surface area contributed by atoms with Crippen LogP contribution in [-0.4, -0.2) is 18.2 Å². The van der Waals surface area contributed by atoms with Crippen molar-refractivity contribution in [2.24, 2.45) is 5.41 Å². The molecule has 0 fully saturated rings. The Balaban J connectivity index is 3.17. The maximum atomic E-state index is 13.3. The largest absolute Gasteiger partial charge is 0.389 e.